The molecule has 3 fully saturated rings. The molecule has 0 spiro atoms. The molecule has 0 radical (unpaired) electrons. The molecule has 154 valence electrons. The molecule has 4 aliphatic rings. The Bertz CT molecular complexity index is 919. The molecule has 1 saturated carbocycles. The minimum Gasteiger partial charge on any atom is -0.364 e. The van der Waals surface area contributed by atoms with E-state index in [-0.39, 0.29) is 36.6 Å². The van der Waals surface area contributed by atoms with E-state index in [1.165, 1.54) is 12.1 Å². The van der Waals surface area contributed by atoms with E-state index in [1.54, 1.807) is 4.90 Å². The topological polar surface area (TPSA) is 81.8 Å². The van der Waals surface area contributed by atoms with Crippen molar-refractivity contribution in [1.82, 2.24) is 15.5 Å². The first kappa shape index (κ1) is 18.3. The fraction of sp³-hybridized carbons (Fsp3) is 0.550. The molecule has 7 nitrogen and oxygen atoms in total. The number of carbonyl (C=O) groups excluding carboxylic acids is 3. The van der Waals surface area contributed by atoms with Crippen LogP contribution in [-0.4, -0.2) is 54.0 Å². The van der Waals surface area contributed by atoms with E-state index < -0.39 is 23.2 Å². The van der Waals surface area contributed by atoms with Crippen molar-refractivity contribution in [1.29, 1.82) is 0 Å². The van der Waals surface area contributed by atoms with Gasteiger partial charge in [0.2, 0.25) is 5.91 Å². The molecular formula is C20H22F2N4O3. The van der Waals surface area contributed by atoms with Crippen molar-refractivity contribution in [3.05, 3.63) is 29.3 Å². The number of rotatable bonds is 4. The summed E-state index contributed by atoms with van der Waals surface area (Å²) in [6, 6.07) is 1.99. The number of fused-ring (bicyclic) bond motifs is 3. The maximum atomic E-state index is 13.6. The summed E-state index contributed by atoms with van der Waals surface area (Å²) in [6.07, 6.45) is 2.77. The third-order valence-corrected chi connectivity index (χ3v) is 6.70. The lowest BCUT2D eigenvalue weighted by Gasteiger charge is -2.39. The Morgan fingerprint density at radius 1 is 1.17 bits per heavy atom. The first-order valence-electron chi connectivity index (χ1n) is 10.0. The predicted molar refractivity (Wildman–Crippen MR) is 99.1 cm³/mol. The quantitative estimate of drug-likeness (QED) is 0.742. The van der Waals surface area contributed by atoms with Crippen LogP contribution in [0, 0.1) is 17.6 Å². The lowest BCUT2D eigenvalue weighted by atomic mass is 9.87. The Labute approximate surface area is 166 Å². The van der Waals surface area contributed by atoms with Gasteiger partial charge in [-0.3, -0.25) is 14.9 Å². The van der Waals surface area contributed by atoms with Crippen LogP contribution in [0.3, 0.4) is 0 Å². The van der Waals surface area contributed by atoms with Gasteiger partial charge in [0.15, 0.2) is 11.6 Å². The highest BCUT2D eigenvalue weighted by atomic mass is 19.2. The summed E-state index contributed by atoms with van der Waals surface area (Å²) in [5, 5.41) is 5.05. The highest BCUT2D eigenvalue weighted by Crippen LogP contribution is 2.44. The van der Waals surface area contributed by atoms with Crippen LogP contribution in [0.2, 0.25) is 0 Å². The third-order valence-electron chi connectivity index (χ3n) is 6.70. The fourth-order valence-corrected chi connectivity index (χ4v) is 5.05. The molecule has 1 aliphatic carbocycles. The number of benzene rings is 1. The number of amides is 4. The van der Waals surface area contributed by atoms with Gasteiger partial charge in [-0.15, -0.1) is 0 Å². The molecule has 0 bridgehead atoms. The van der Waals surface area contributed by atoms with E-state index in [4.69, 9.17) is 0 Å². The second-order valence-electron chi connectivity index (χ2n) is 8.44. The molecule has 1 aromatic rings. The average Bonchev–Trinajstić information content (AvgIpc) is 3.42. The van der Waals surface area contributed by atoms with Crippen molar-refractivity contribution in [2.45, 2.75) is 43.7 Å². The number of hydrogen-bond donors (Lipinski definition) is 2. The summed E-state index contributed by atoms with van der Waals surface area (Å²) >= 11 is 0. The molecule has 5 rings (SSSR count). The van der Waals surface area contributed by atoms with Crippen LogP contribution in [0.15, 0.2) is 12.1 Å². The van der Waals surface area contributed by atoms with Gasteiger partial charge in [-0.05, 0) is 43.2 Å². The lowest BCUT2D eigenvalue weighted by molar-refractivity contribution is -0.133. The van der Waals surface area contributed by atoms with E-state index >= 15 is 0 Å². The minimum absolute atomic E-state index is 0.00391. The van der Waals surface area contributed by atoms with Crippen LogP contribution in [0.25, 0.3) is 0 Å². The average molecular weight is 404 g/mol. The third kappa shape index (κ3) is 2.94. The number of urea groups is 1. The SMILES string of the molecule is O=C1NC(=O)[C@](CCC(=O)N2CCN3c4cc(F)c(F)cc4CC3C2)(C2CC2)N1. The lowest BCUT2D eigenvalue weighted by Crippen LogP contribution is -2.54. The number of nitrogens with one attached hydrogen (secondary N) is 2. The van der Waals surface area contributed by atoms with E-state index in [0.29, 0.717) is 31.7 Å². The smallest absolute Gasteiger partial charge is 0.322 e. The van der Waals surface area contributed by atoms with Crippen molar-refractivity contribution in [3.8, 4) is 0 Å². The first-order valence-corrected chi connectivity index (χ1v) is 10.0. The highest BCUT2D eigenvalue weighted by molar-refractivity contribution is 6.07. The Balaban J connectivity index is 1.24. The van der Waals surface area contributed by atoms with Crippen molar-refractivity contribution >= 4 is 23.5 Å². The molecule has 1 unspecified atom stereocenters. The number of piperazine rings is 1. The van der Waals surface area contributed by atoms with Gasteiger partial charge < -0.3 is 15.1 Å². The van der Waals surface area contributed by atoms with Crippen LogP contribution < -0.4 is 15.5 Å². The van der Waals surface area contributed by atoms with Gasteiger partial charge in [-0.2, -0.15) is 0 Å². The van der Waals surface area contributed by atoms with Crippen molar-refractivity contribution in [2.75, 3.05) is 24.5 Å². The Morgan fingerprint density at radius 2 is 1.93 bits per heavy atom. The Kier molecular flexibility index (Phi) is 4.04. The van der Waals surface area contributed by atoms with E-state index in [0.717, 1.165) is 18.4 Å². The van der Waals surface area contributed by atoms with E-state index in [1.807, 2.05) is 4.90 Å². The molecule has 1 aromatic carbocycles. The molecular weight excluding hydrogens is 382 g/mol. The molecule has 2 N–H and O–H groups in total. The maximum absolute atomic E-state index is 13.6. The van der Waals surface area contributed by atoms with Gasteiger partial charge in [0.05, 0.1) is 6.04 Å². The van der Waals surface area contributed by atoms with Crippen molar-refractivity contribution in [2.24, 2.45) is 5.92 Å². The molecule has 0 aromatic heterocycles. The number of nitrogens with zero attached hydrogens (tertiary/aromatic N) is 2. The van der Waals surface area contributed by atoms with Crippen LogP contribution in [0.5, 0.6) is 0 Å². The molecule has 3 heterocycles. The zero-order valence-corrected chi connectivity index (χ0v) is 15.8. The fourth-order valence-electron chi connectivity index (χ4n) is 5.05. The normalized spacial score (nSPS) is 28.1. The van der Waals surface area contributed by atoms with Crippen LogP contribution in [0.4, 0.5) is 19.3 Å². The predicted octanol–water partition coefficient (Wildman–Crippen LogP) is 1.31. The van der Waals surface area contributed by atoms with Gasteiger partial charge in [0.1, 0.15) is 5.54 Å². The van der Waals surface area contributed by atoms with Crippen molar-refractivity contribution in [3.63, 3.8) is 0 Å². The van der Waals surface area contributed by atoms with Crippen molar-refractivity contribution < 1.29 is 23.2 Å². The van der Waals surface area contributed by atoms with Crippen LogP contribution in [0.1, 0.15) is 31.2 Å². The zero-order valence-electron chi connectivity index (χ0n) is 15.8. The Morgan fingerprint density at radius 3 is 2.62 bits per heavy atom. The highest BCUT2D eigenvalue weighted by Gasteiger charge is 2.55. The Hall–Kier alpha value is -2.71. The molecule has 2 atom stereocenters. The number of anilines is 1. The van der Waals surface area contributed by atoms with Gasteiger partial charge in [0.25, 0.3) is 5.91 Å². The first-order chi connectivity index (χ1) is 13.9. The second kappa shape index (κ2) is 6.40. The van der Waals surface area contributed by atoms with Crippen LogP contribution >= 0.6 is 0 Å². The van der Waals surface area contributed by atoms with Gasteiger partial charge in [-0.1, -0.05) is 0 Å². The number of hydrogen-bond acceptors (Lipinski definition) is 4. The summed E-state index contributed by atoms with van der Waals surface area (Å²) in [4.78, 5) is 40.6. The minimum atomic E-state index is -0.965. The van der Waals surface area contributed by atoms with E-state index in [9.17, 15) is 23.2 Å². The molecule has 4 amide bonds. The standard InChI is InChI=1S/C20H22F2N4O3/c21-14-8-11-7-13-10-25(5-6-26(13)16(11)9-15(14)22)17(27)3-4-20(12-1-2-12)18(28)23-19(29)24-20/h8-9,12-13H,1-7,10H2,(H2,23,24,28,29)/t13?,20-/m0/s1. The summed E-state index contributed by atoms with van der Waals surface area (Å²) in [6.45, 7) is 1.52. The monoisotopic (exact) mass is 404 g/mol. The number of carbonyl (C=O) groups is 3. The van der Waals surface area contributed by atoms with E-state index in [2.05, 4.69) is 10.6 Å². The summed E-state index contributed by atoms with van der Waals surface area (Å²) < 4.78 is 27.2. The molecule has 3 aliphatic heterocycles. The number of imide groups is 1. The largest absolute Gasteiger partial charge is 0.364 e. The second-order valence-corrected chi connectivity index (χ2v) is 8.44. The summed E-state index contributed by atoms with van der Waals surface area (Å²) in [7, 11) is 0. The van der Waals surface area contributed by atoms with Gasteiger partial charge >= 0.3 is 6.03 Å². The summed E-state index contributed by atoms with van der Waals surface area (Å²) in [5.41, 5.74) is 0.507. The maximum Gasteiger partial charge on any atom is 0.322 e. The van der Waals surface area contributed by atoms with Gasteiger partial charge in [0, 0.05) is 37.8 Å². The summed E-state index contributed by atoms with van der Waals surface area (Å²) in [5.74, 6) is -2.01. The zero-order chi connectivity index (χ0) is 20.3. The molecule has 9 heteroatoms. The number of halogens is 2. The van der Waals surface area contributed by atoms with Gasteiger partial charge in [-0.25, -0.2) is 13.6 Å². The molecule has 29 heavy (non-hydrogen) atoms. The molecule has 2 saturated heterocycles. The van der Waals surface area contributed by atoms with Crippen LogP contribution in [-0.2, 0) is 16.0 Å².